The lowest BCUT2D eigenvalue weighted by atomic mass is 10.1. The average Bonchev–Trinajstić information content (AvgIpc) is 3.32. The summed E-state index contributed by atoms with van der Waals surface area (Å²) in [6, 6.07) is 27.0. The molecule has 0 amide bonds. The second-order valence-electron chi connectivity index (χ2n) is 8.63. The highest BCUT2D eigenvalue weighted by Crippen LogP contribution is 2.35. The summed E-state index contributed by atoms with van der Waals surface area (Å²) < 4.78 is 35.3. The molecule has 4 aromatic rings. The molecule has 2 heterocycles. The van der Waals surface area contributed by atoms with Gasteiger partial charge >= 0.3 is 0 Å². The van der Waals surface area contributed by atoms with E-state index in [1.54, 1.807) is 0 Å². The number of aryl methyl sites for hydroxylation is 1. The predicted octanol–water partition coefficient (Wildman–Crippen LogP) is 5.22. The van der Waals surface area contributed by atoms with Gasteiger partial charge in [0.2, 0.25) is 10.9 Å². The van der Waals surface area contributed by atoms with Crippen molar-refractivity contribution in [1.29, 1.82) is 0 Å². The molecule has 174 valence electrons. The molecule has 0 radical (unpaired) electrons. The Hall–Kier alpha value is -3.42. The first-order chi connectivity index (χ1) is 16.4. The molecule has 1 saturated heterocycles. The Labute approximate surface area is 200 Å². The fraction of sp³-hybridized carbons (Fsp3) is 0.222. The number of aromatic nitrogens is 1. The van der Waals surface area contributed by atoms with E-state index in [0.29, 0.717) is 31.1 Å². The monoisotopic (exact) mass is 473 g/mol. The minimum atomic E-state index is -3.87. The number of nitrogens with zero attached hydrogens (tertiary/aromatic N) is 3. The van der Waals surface area contributed by atoms with Crippen LogP contribution in [0.2, 0.25) is 0 Å². The molecule has 0 spiro atoms. The molecule has 34 heavy (non-hydrogen) atoms. The van der Waals surface area contributed by atoms with E-state index in [4.69, 9.17) is 4.42 Å². The highest BCUT2D eigenvalue weighted by Gasteiger charge is 2.37. The van der Waals surface area contributed by atoms with Gasteiger partial charge in [0.1, 0.15) is 0 Å². The van der Waals surface area contributed by atoms with Crippen molar-refractivity contribution >= 4 is 15.7 Å². The van der Waals surface area contributed by atoms with E-state index >= 15 is 0 Å². The summed E-state index contributed by atoms with van der Waals surface area (Å²) in [6.07, 6.45) is 0. The van der Waals surface area contributed by atoms with Gasteiger partial charge in [0, 0.05) is 42.5 Å². The van der Waals surface area contributed by atoms with Crippen LogP contribution in [0.5, 0.6) is 0 Å². The highest BCUT2D eigenvalue weighted by atomic mass is 32.2. The summed E-state index contributed by atoms with van der Waals surface area (Å²) in [7, 11) is -3.87. The zero-order chi connectivity index (χ0) is 23.7. The van der Waals surface area contributed by atoms with Crippen molar-refractivity contribution in [1.82, 2.24) is 9.29 Å². The van der Waals surface area contributed by atoms with Crippen LogP contribution in [0.1, 0.15) is 12.5 Å². The van der Waals surface area contributed by atoms with Crippen LogP contribution in [0.25, 0.3) is 22.8 Å². The molecular formula is C27H27N3O3S. The molecule has 1 aliphatic heterocycles. The van der Waals surface area contributed by atoms with Gasteiger partial charge < -0.3 is 9.32 Å². The minimum Gasteiger partial charge on any atom is -0.435 e. The van der Waals surface area contributed by atoms with Crippen LogP contribution in [-0.2, 0) is 10.0 Å². The summed E-state index contributed by atoms with van der Waals surface area (Å²) >= 11 is 0. The van der Waals surface area contributed by atoms with E-state index in [1.165, 1.54) is 9.87 Å². The number of hydrogen-bond acceptors (Lipinski definition) is 5. The topological polar surface area (TPSA) is 66.7 Å². The van der Waals surface area contributed by atoms with Gasteiger partial charge in [0.25, 0.3) is 10.0 Å². The highest BCUT2D eigenvalue weighted by molar-refractivity contribution is 7.89. The largest absolute Gasteiger partial charge is 0.435 e. The molecule has 7 heteroatoms. The van der Waals surface area contributed by atoms with Crippen molar-refractivity contribution in [2.45, 2.75) is 24.9 Å². The number of rotatable bonds is 5. The molecule has 0 N–H and O–H groups in total. The Balaban J connectivity index is 1.50. The van der Waals surface area contributed by atoms with Gasteiger partial charge in [-0.25, -0.2) is 8.42 Å². The zero-order valence-corrected chi connectivity index (χ0v) is 20.1. The lowest BCUT2D eigenvalue weighted by Crippen LogP contribution is -2.53. The van der Waals surface area contributed by atoms with Gasteiger partial charge in [-0.1, -0.05) is 60.7 Å². The maximum absolute atomic E-state index is 13.9. The van der Waals surface area contributed by atoms with Gasteiger partial charge in [0.05, 0.1) is 0 Å². The van der Waals surface area contributed by atoms with Crippen LogP contribution in [0.4, 0.5) is 5.69 Å². The number of benzene rings is 3. The molecule has 1 fully saturated rings. The van der Waals surface area contributed by atoms with Crippen molar-refractivity contribution in [3.05, 3.63) is 90.5 Å². The Morgan fingerprint density at radius 2 is 1.56 bits per heavy atom. The third kappa shape index (κ3) is 4.24. The summed E-state index contributed by atoms with van der Waals surface area (Å²) in [5.41, 5.74) is 3.71. The Kier molecular flexibility index (Phi) is 5.98. The lowest BCUT2D eigenvalue weighted by molar-refractivity contribution is 0.341. The number of sulfonamides is 1. The van der Waals surface area contributed by atoms with Gasteiger partial charge in [-0.05, 0) is 43.7 Å². The second kappa shape index (κ2) is 9.08. The van der Waals surface area contributed by atoms with Crippen molar-refractivity contribution in [2.24, 2.45) is 0 Å². The molecule has 0 saturated carbocycles. The number of piperazine rings is 1. The van der Waals surface area contributed by atoms with E-state index < -0.39 is 10.0 Å². The summed E-state index contributed by atoms with van der Waals surface area (Å²) in [5, 5.41) is -0.0336. The van der Waals surface area contributed by atoms with E-state index in [9.17, 15) is 8.42 Å². The van der Waals surface area contributed by atoms with Crippen molar-refractivity contribution in [3.63, 3.8) is 0 Å². The Morgan fingerprint density at radius 3 is 2.21 bits per heavy atom. The molecule has 3 aromatic carbocycles. The Morgan fingerprint density at radius 1 is 0.882 bits per heavy atom. The number of oxazole rings is 1. The van der Waals surface area contributed by atoms with E-state index in [0.717, 1.165) is 11.3 Å². The molecule has 0 bridgehead atoms. The maximum atomic E-state index is 13.9. The smallest absolute Gasteiger partial charge is 0.264 e. The molecule has 1 aliphatic rings. The van der Waals surface area contributed by atoms with Gasteiger partial charge in [-0.2, -0.15) is 9.29 Å². The van der Waals surface area contributed by atoms with Crippen molar-refractivity contribution < 1.29 is 12.8 Å². The molecule has 1 atom stereocenters. The molecule has 6 nitrogen and oxygen atoms in total. The lowest BCUT2D eigenvalue weighted by Gasteiger charge is -2.40. The van der Waals surface area contributed by atoms with Crippen molar-refractivity contribution in [2.75, 3.05) is 24.5 Å². The first-order valence-corrected chi connectivity index (χ1v) is 12.8. The van der Waals surface area contributed by atoms with Crippen molar-refractivity contribution in [3.8, 4) is 22.8 Å². The van der Waals surface area contributed by atoms with Gasteiger partial charge in [0.15, 0.2) is 5.76 Å². The summed E-state index contributed by atoms with van der Waals surface area (Å²) in [6.45, 7) is 5.48. The quantitative estimate of drug-likeness (QED) is 0.398. The normalized spacial score (nSPS) is 17.1. The minimum absolute atomic E-state index is 0.0194. The molecular weight excluding hydrogens is 446 g/mol. The third-order valence-corrected chi connectivity index (χ3v) is 7.94. The molecule has 1 unspecified atom stereocenters. The van der Waals surface area contributed by atoms with Crippen LogP contribution in [-0.4, -0.2) is 43.4 Å². The van der Waals surface area contributed by atoms with Gasteiger partial charge in [-0.15, -0.1) is 0 Å². The predicted molar refractivity (Wildman–Crippen MR) is 134 cm³/mol. The van der Waals surface area contributed by atoms with Crippen LogP contribution in [0.15, 0.2) is 94.4 Å². The maximum Gasteiger partial charge on any atom is 0.264 e. The van der Waals surface area contributed by atoms with E-state index in [1.807, 2.05) is 66.7 Å². The SMILES string of the molecule is Cc1cccc(N2CCN(S(=O)(=O)c3nc(-c4ccccc4)oc3-c3ccccc3)CC2C)c1. The van der Waals surface area contributed by atoms with Crippen LogP contribution < -0.4 is 4.90 Å². The first-order valence-electron chi connectivity index (χ1n) is 11.4. The number of anilines is 1. The molecule has 1 aromatic heterocycles. The fourth-order valence-electron chi connectivity index (χ4n) is 4.41. The van der Waals surface area contributed by atoms with Gasteiger partial charge in [-0.3, -0.25) is 0 Å². The molecule has 5 rings (SSSR count). The average molecular weight is 474 g/mol. The van der Waals surface area contributed by atoms with E-state index in [2.05, 4.69) is 41.9 Å². The second-order valence-corrected chi connectivity index (χ2v) is 10.5. The molecule has 0 aliphatic carbocycles. The van der Waals surface area contributed by atoms with E-state index in [-0.39, 0.29) is 16.8 Å². The zero-order valence-electron chi connectivity index (χ0n) is 19.3. The summed E-state index contributed by atoms with van der Waals surface area (Å²) in [5.74, 6) is 0.567. The van der Waals surface area contributed by atoms with Crippen LogP contribution >= 0.6 is 0 Å². The summed E-state index contributed by atoms with van der Waals surface area (Å²) in [4.78, 5) is 6.77. The fourth-order valence-corrected chi connectivity index (χ4v) is 5.98. The standard InChI is InChI=1S/C27H27N3O3S/c1-20-10-9-15-24(18-20)30-17-16-29(19-21(30)2)34(31,32)27-25(22-11-5-3-6-12-22)33-26(28-27)23-13-7-4-8-14-23/h3-15,18,21H,16-17,19H2,1-2H3. The van der Waals surface area contributed by atoms with Crippen LogP contribution in [0, 0.1) is 6.92 Å². The number of hydrogen-bond donors (Lipinski definition) is 0. The first kappa shape index (κ1) is 22.4. The van der Waals surface area contributed by atoms with Crippen LogP contribution in [0.3, 0.4) is 0 Å². The third-order valence-electron chi connectivity index (χ3n) is 6.16. The Bertz CT molecular complexity index is 1390.